The standard InChI is InChI=1S/C31H32N2O4/c1-6-33-27-16-13-22(18-24(27)25-19-23(14-17-28(25)33)30(36)31(3,4)5)29(35)26(32-37-20(2)34)15-12-21-10-8-7-9-11-21/h7-11,13-14,16-19H,6,12,15H2,1-5H3/b32-26-. The van der Waals surface area contributed by atoms with Gasteiger partial charge in [-0.25, -0.2) is 4.79 Å². The van der Waals surface area contributed by atoms with E-state index in [1.54, 1.807) is 6.07 Å². The van der Waals surface area contributed by atoms with Gasteiger partial charge in [-0.2, -0.15) is 0 Å². The summed E-state index contributed by atoms with van der Waals surface area (Å²) in [7, 11) is 0. The highest BCUT2D eigenvalue weighted by molar-refractivity contribution is 6.46. The number of benzene rings is 3. The number of hydrogen-bond acceptors (Lipinski definition) is 5. The Morgan fingerprint density at radius 3 is 2.03 bits per heavy atom. The van der Waals surface area contributed by atoms with Crippen LogP contribution in [0, 0.1) is 5.41 Å². The number of rotatable bonds is 8. The average molecular weight is 497 g/mol. The minimum absolute atomic E-state index is 0.0655. The second kappa shape index (κ2) is 10.5. The number of nitrogens with zero attached hydrogens (tertiary/aromatic N) is 2. The lowest BCUT2D eigenvalue weighted by atomic mass is 9.86. The van der Waals surface area contributed by atoms with E-state index in [2.05, 4.69) is 16.6 Å². The Bertz CT molecular complexity index is 1520. The maximum Gasteiger partial charge on any atom is 0.331 e. The molecule has 0 amide bonds. The van der Waals surface area contributed by atoms with Crippen molar-refractivity contribution in [3.8, 4) is 0 Å². The number of Topliss-reactive ketones (excluding diaryl/α,β-unsaturated/α-hetero) is 2. The minimum Gasteiger partial charge on any atom is -0.341 e. The lowest BCUT2D eigenvalue weighted by molar-refractivity contribution is -0.140. The minimum atomic E-state index is -0.581. The molecule has 6 heteroatoms. The Hall–Kier alpha value is -4.06. The summed E-state index contributed by atoms with van der Waals surface area (Å²) < 4.78 is 2.17. The van der Waals surface area contributed by atoms with E-state index in [4.69, 9.17) is 4.84 Å². The number of aromatic nitrogens is 1. The molecule has 0 saturated carbocycles. The molecular formula is C31H32N2O4. The fraction of sp³-hybridized carbons (Fsp3) is 0.290. The highest BCUT2D eigenvalue weighted by Gasteiger charge is 2.24. The normalized spacial score (nSPS) is 12.2. The monoisotopic (exact) mass is 496 g/mol. The molecule has 1 heterocycles. The molecule has 0 aliphatic heterocycles. The first-order valence-corrected chi connectivity index (χ1v) is 12.5. The molecule has 6 nitrogen and oxygen atoms in total. The van der Waals surface area contributed by atoms with Gasteiger partial charge in [0.2, 0.25) is 5.78 Å². The number of carbonyl (C=O) groups excluding carboxylic acids is 3. The second-order valence-corrected chi connectivity index (χ2v) is 10.2. The lowest BCUT2D eigenvalue weighted by Gasteiger charge is -2.16. The van der Waals surface area contributed by atoms with Crippen LogP contribution in [0.25, 0.3) is 21.8 Å². The van der Waals surface area contributed by atoms with Gasteiger partial charge in [-0.3, -0.25) is 9.59 Å². The predicted octanol–water partition coefficient (Wildman–Crippen LogP) is 6.78. The number of hydrogen-bond donors (Lipinski definition) is 0. The van der Waals surface area contributed by atoms with Crippen LogP contribution in [0.2, 0.25) is 0 Å². The average Bonchev–Trinajstić information content (AvgIpc) is 3.20. The SMILES string of the molecule is CCn1c2ccc(C(=O)/C(CCc3ccccc3)=N\OC(C)=O)cc2c2cc(C(=O)C(C)(C)C)ccc21. The van der Waals surface area contributed by atoms with Crippen molar-refractivity contribution in [2.45, 2.75) is 54.0 Å². The van der Waals surface area contributed by atoms with Crippen LogP contribution in [0.15, 0.2) is 71.9 Å². The number of carbonyl (C=O) groups is 3. The number of aryl methyl sites for hydroxylation is 2. The quantitative estimate of drug-likeness (QED) is 0.117. The zero-order chi connectivity index (χ0) is 26.7. The summed E-state index contributed by atoms with van der Waals surface area (Å²) in [4.78, 5) is 42.8. The van der Waals surface area contributed by atoms with E-state index in [1.807, 2.05) is 81.4 Å². The first kappa shape index (κ1) is 26.0. The fourth-order valence-corrected chi connectivity index (χ4v) is 4.55. The summed E-state index contributed by atoms with van der Waals surface area (Å²) in [5.41, 5.74) is 3.83. The summed E-state index contributed by atoms with van der Waals surface area (Å²) in [5.74, 6) is -0.809. The second-order valence-electron chi connectivity index (χ2n) is 10.2. The first-order valence-electron chi connectivity index (χ1n) is 12.5. The molecular weight excluding hydrogens is 464 g/mol. The predicted molar refractivity (Wildman–Crippen MR) is 147 cm³/mol. The molecule has 0 saturated heterocycles. The van der Waals surface area contributed by atoms with Crippen LogP contribution in [0.5, 0.6) is 0 Å². The molecule has 0 radical (unpaired) electrons. The molecule has 0 spiro atoms. The first-order chi connectivity index (χ1) is 17.6. The highest BCUT2D eigenvalue weighted by Crippen LogP contribution is 2.32. The largest absolute Gasteiger partial charge is 0.341 e. The van der Waals surface area contributed by atoms with Gasteiger partial charge in [0.05, 0.1) is 0 Å². The van der Waals surface area contributed by atoms with E-state index in [-0.39, 0.29) is 17.3 Å². The van der Waals surface area contributed by atoms with Crippen molar-refractivity contribution in [2.75, 3.05) is 0 Å². The highest BCUT2D eigenvalue weighted by atomic mass is 16.7. The van der Waals surface area contributed by atoms with Gasteiger partial charge in [0, 0.05) is 58.2 Å². The van der Waals surface area contributed by atoms with Gasteiger partial charge in [-0.15, -0.1) is 0 Å². The summed E-state index contributed by atoms with van der Waals surface area (Å²) in [6.07, 6.45) is 0.914. The van der Waals surface area contributed by atoms with E-state index < -0.39 is 11.4 Å². The summed E-state index contributed by atoms with van der Waals surface area (Å²) in [5, 5.41) is 5.72. The van der Waals surface area contributed by atoms with Crippen molar-refractivity contribution in [2.24, 2.45) is 10.6 Å². The van der Waals surface area contributed by atoms with Crippen LogP contribution in [-0.4, -0.2) is 27.8 Å². The van der Waals surface area contributed by atoms with E-state index >= 15 is 0 Å². The van der Waals surface area contributed by atoms with Crippen LogP contribution in [-0.2, 0) is 22.6 Å². The Balaban J connectivity index is 1.77. The molecule has 3 aromatic carbocycles. The molecule has 0 unspecified atom stereocenters. The van der Waals surface area contributed by atoms with E-state index in [0.29, 0.717) is 24.0 Å². The molecule has 0 fully saturated rings. The molecule has 4 aromatic rings. The van der Waals surface area contributed by atoms with Crippen LogP contribution in [0.1, 0.15) is 67.3 Å². The molecule has 0 bridgehead atoms. The van der Waals surface area contributed by atoms with E-state index in [0.717, 1.165) is 33.9 Å². The van der Waals surface area contributed by atoms with Crippen LogP contribution < -0.4 is 0 Å². The van der Waals surface area contributed by atoms with Crippen LogP contribution in [0.3, 0.4) is 0 Å². The zero-order valence-corrected chi connectivity index (χ0v) is 22.0. The van der Waals surface area contributed by atoms with Gasteiger partial charge >= 0.3 is 5.97 Å². The van der Waals surface area contributed by atoms with Crippen LogP contribution >= 0.6 is 0 Å². The van der Waals surface area contributed by atoms with Gasteiger partial charge in [-0.1, -0.05) is 56.3 Å². The maximum atomic E-state index is 13.6. The molecule has 0 aliphatic carbocycles. The molecule has 4 rings (SSSR count). The summed E-state index contributed by atoms with van der Waals surface area (Å²) in [6.45, 7) is 9.79. The molecule has 37 heavy (non-hydrogen) atoms. The van der Waals surface area contributed by atoms with Gasteiger partial charge in [0.1, 0.15) is 5.71 Å². The van der Waals surface area contributed by atoms with Crippen molar-refractivity contribution in [1.29, 1.82) is 0 Å². The van der Waals surface area contributed by atoms with Crippen molar-refractivity contribution in [3.63, 3.8) is 0 Å². The van der Waals surface area contributed by atoms with Crippen molar-refractivity contribution < 1.29 is 19.2 Å². The summed E-state index contributed by atoms with van der Waals surface area (Å²) in [6, 6.07) is 21.1. The lowest BCUT2D eigenvalue weighted by Crippen LogP contribution is -2.20. The number of fused-ring (bicyclic) bond motifs is 3. The Labute approximate surface area is 216 Å². The van der Waals surface area contributed by atoms with Gasteiger partial charge in [0.25, 0.3) is 0 Å². The maximum absolute atomic E-state index is 13.6. The molecule has 0 aliphatic rings. The summed E-state index contributed by atoms with van der Waals surface area (Å²) >= 11 is 0. The van der Waals surface area contributed by atoms with Crippen LogP contribution in [0.4, 0.5) is 0 Å². The van der Waals surface area contributed by atoms with E-state index in [1.165, 1.54) is 6.92 Å². The molecule has 0 atom stereocenters. The zero-order valence-electron chi connectivity index (χ0n) is 22.0. The Morgan fingerprint density at radius 2 is 1.46 bits per heavy atom. The molecule has 190 valence electrons. The smallest absolute Gasteiger partial charge is 0.331 e. The Morgan fingerprint density at radius 1 is 0.865 bits per heavy atom. The van der Waals surface area contributed by atoms with Gasteiger partial charge in [-0.05, 0) is 55.3 Å². The third kappa shape index (κ3) is 5.53. The molecule has 1 aromatic heterocycles. The van der Waals surface area contributed by atoms with Crippen molar-refractivity contribution >= 4 is 45.1 Å². The number of oxime groups is 1. The Kier molecular flexibility index (Phi) is 7.39. The molecule has 0 N–H and O–H groups in total. The third-order valence-corrected chi connectivity index (χ3v) is 6.43. The number of ketones is 2. The van der Waals surface area contributed by atoms with Crippen molar-refractivity contribution in [1.82, 2.24) is 4.57 Å². The van der Waals surface area contributed by atoms with E-state index in [9.17, 15) is 14.4 Å². The van der Waals surface area contributed by atoms with Crippen molar-refractivity contribution in [3.05, 3.63) is 83.4 Å². The third-order valence-electron chi connectivity index (χ3n) is 6.43. The van der Waals surface area contributed by atoms with Gasteiger partial charge in [0.15, 0.2) is 5.78 Å². The topological polar surface area (TPSA) is 77.7 Å². The fourth-order valence-electron chi connectivity index (χ4n) is 4.55. The van der Waals surface area contributed by atoms with Gasteiger partial charge < -0.3 is 9.40 Å².